The molecular formula is C20H24FN5O3. The number of nitrogens with zero attached hydrogens (tertiary/aromatic N) is 4. The summed E-state index contributed by atoms with van der Waals surface area (Å²) < 4.78 is 19.1. The lowest BCUT2D eigenvalue weighted by Crippen LogP contribution is -2.44. The number of halogens is 1. The zero-order valence-electron chi connectivity index (χ0n) is 16.1. The van der Waals surface area contributed by atoms with Crippen LogP contribution in [0.5, 0.6) is 0 Å². The molecule has 2 heterocycles. The molecule has 0 bridgehead atoms. The highest BCUT2D eigenvalue weighted by Gasteiger charge is 2.20. The normalized spacial score (nSPS) is 14.4. The molecule has 0 spiro atoms. The Hall–Kier alpha value is -2.91. The van der Waals surface area contributed by atoms with E-state index in [1.807, 2.05) is 0 Å². The number of ether oxygens (including phenoxy) is 1. The van der Waals surface area contributed by atoms with Gasteiger partial charge in [-0.25, -0.2) is 9.37 Å². The molecule has 2 amide bonds. The number of morpholine rings is 1. The fraction of sp³-hybridized carbons (Fsp3) is 0.400. The lowest BCUT2D eigenvalue weighted by Gasteiger charge is -2.30. The van der Waals surface area contributed by atoms with Gasteiger partial charge in [0.2, 0.25) is 5.91 Å². The average molecular weight is 401 g/mol. The summed E-state index contributed by atoms with van der Waals surface area (Å²) in [6.07, 6.45) is 4.40. The molecule has 0 saturated carbocycles. The Kier molecular flexibility index (Phi) is 7.60. The summed E-state index contributed by atoms with van der Waals surface area (Å²) in [5.41, 5.74) is 0.349. The zero-order valence-corrected chi connectivity index (χ0v) is 16.1. The largest absolute Gasteiger partial charge is 0.379 e. The first kappa shape index (κ1) is 20.8. The minimum absolute atomic E-state index is 0.0451. The van der Waals surface area contributed by atoms with E-state index in [4.69, 9.17) is 4.74 Å². The van der Waals surface area contributed by atoms with Crippen LogP contribution >= 0.6 is 0 Å². The van der Waals surface area contributed by atoms with Gasteiger partial charge in [0.15, 0.2) is 0 Å². The van der Waals surface area contributed by atoms with Crippen molar-refractivity contribution in [2.75, 3.05) is 51.3 Å². The number of hydrogen-bond acceptors (Lipinski definition) is 6. The Morgan fingerprint density at radius 3 is 2.69 bits per heavy atom. The van der Waals surface area contributed by atoms with Gasteiger partial charge in [0.1, 0.15) is 11.5 Å². The van der Waals surface area contributed by atoms with Gasteiger partial charge in [0.05, 0.1) is 25.1 Å². The van der Waals surface area contributed by atoms with Crippen molar-refractivity contribution in [3.8, 4) is 0 Å². The highest BCUT2D eigenvalue weighted by atomic mass is 19.1. The monoisotopic (exact) mass is 401 g/mol. The fourth-order valence-corrected chi connectivity index (χ4v) is 2.99. The summed E-state index contributed by atoms with van der Waals surface area (Å²) in [4.78, 5) is 36.9. The van der Waals surface area contributed by atoms with Crippen molar-refractivity contribution >= 4 is 17.5 Å². The summed E-state index contributed by atoms with van der Waals surface area (Å²) in [6.45, 7) is 4.26. The third-order valence-corrected chi connectivity index (χ3v) is 4.62. The van der Waals surface area contributed by atoms with E-state index < -0.39 is 5.82 Å². The second-order valence-electron chi connectivity index (χ2n) is 6.61. The van der Waals surface area contributed by atoms with Crippen LogP contribution < -0.4 is 5.32 Å². The van der Waals surface area contributed by atoms with Crippen LogP contribution in [0.25, 0.3) is 0 Å². The first-order valence-corrected chi connectivity index (χ1v) is 9.53. The van der Waals surface area contributed by atoms with Gasteiger partial charge in [0, 0.05) is 51.5 Å². The molecule has 1 aliphatic heterocycles. The standard InChI is InChI=1S/C20H24FN5O3/c21-16-3-1-2-4-17(16)24-19(27)5-8-26(10-9-25-11-13-29-14-12-25)20(28)18-15-22-6-7-23-18/h1-4,6-7,15H,5,8-14H2,(H,24,27). The number of benzene rings is 1. The molecule has 154 valence electrons. The van der Waals surface area contributed by atoms with Crippen LogP contribution in [-0.2, 0) is 9.53 Å². The van der Waals surface area contributed by atoms with E-state index in [0.29, 0.717) is 26.3 Å². The van der Waals surface area contributed by atoms with Crippen molar-refractivity contribution in [1.82, 2.24) is 19.8 Å². The number of para-hydroxylation sites is 1. The molecule has 29 heavy (non-hydrogen) atoms. The van der Waals surface area contributed by atoms with E-state index in [9.17, 15) is 14.0 Å². The number of nitrogens with one attached hydrogen (secondary N) is 1. The molecule has 0 atom stereocenters. The van der Waals surface area contributed by atoms with Crippen LogP contribution in [0.2, 0.25) is 0 Å². The minimum atomic E-state index is -0.499. The lowest BCUT2D eigenvalue weighted by molar-refractivity contribution is -0.116. The maximum atomic E-state index is 13.7. The number of carbonyl (C=O) groups is 2. The quantitative estimate of drug-likeness (QED) is 0.720. The highest BCUT2D eigenvalue weighted by Crippen LogP contribution is 2.13. The smallest absolute Gasteiger partial charge is 0.274 e. The van der Waals surface area contributed by atoms with Gasteiger partial charge in [-0.05, 0) is 12.1 Å². The first-order valence-electron chi connectivity index (χ1n) is 9.53. The molecular weight excluding hydrogens is 377 g/mol. The maximum absolute atomic E-state index is 13.7. The maximum Gasteiger partial charge on any atom is 0.274 e. The summed E-state index contributed by atoms with van der Waals surface area (Å²) in [5.74, 6) is -1.15. The molecule has 8 nitrogen and oxygen atoms in total. The first-order chi connectivity index (χ1) is 14.1. The summed E-state index contributed by atoms with van der Waals surface area (Å²) in [5, 5.41) is 2.54. The second-order valence-corrected chi connectivity index (χ2v) is 6.61. The molecule has 9 heteroatoms. The van der Waals surface area contributed by atoms with Crippen LogP contribution in [0.3, 0.4) is 0 Å². The van der Waals surface area contributed by atoms with Crippen molar-refractivity contribution in [2.45, 2.75) is 6.42 Å². The van der Waals surface area contributed by atoms with Crippen molar-refractivity contribution in [3.63, 3.8) is 0 Å². The van der Waals surface area contributed by atoms with Crippen LogP contribution in [0.4, 0.5) is 10.1 Å². The Balaban J connectivity index is 1.60. The van der Waals surface area contributed by atoms with Gasteiger partial charge >= 0.3 is 0 Å². The molecule has 1 N–H and O–H groups in total. The Bertz CT molecular complexity index is 815. The lowest BCUT2D eigenvalue weighted by atomic mass is 10.2. The molecule has 2 aromatic rings. The van der Waals surface area contributed by atoms with E-state index in [-0.39, 0.29) is 36.2 Å². The Morgan fingerprint density at radius 2 is 1.97 bits per heavy atom. The summed E-state index contributed by atoms with van der Waals surface area (Å²) in [6, 6.07) is 5.97. The second kappa shape index (κ2) is 10.6. The topological polar surface area (TPSA) is 87.7 Å². The average Bonchev–Trinajstić information content (AvgIpc) is 2.76. The molecule has 1 saturated heterocycles. The van der Waals surface area contributed by atoms with Gasteiger partial charge in [-0.15, -0.1) is 0 Å². The van der Waals surface area contributed by atoms with Crippen LogP contribution in [-0.4, -0.2) is 77.5 Å². The van der Waals surface area contributed by atoms with Crippen molar-refractivity contribution in [1.29, 1.82) is 0 Å². The van der Waals surface area contributed by atoms with Gasteiger partial charge in [-0.2, -0.15) is 0 Å². The predicted octanol–water partition coefficient (Wildman–Crippen LogP) is 1.42. The number of amides is 2. The minimum Gasteiger partial charge on any atom is -0.379 e. The van der Waals surface area contributed by atoms with Gasteiger partial charge < -0.3 is 15.0 Å². The Labute approximate surface area is 168 Å². The third-order valence-electron chi connectivity index (χ3n) is 4.62. The number of hydrogen-bond donors (Lipinski definition) is 1. The Morgan fingerprint density at radius 1 is 1.17 bits per heavy atom. The summed E-state index contributed by atoms with van der Waals surface area (Å²) in [7, 11) is 0. The summed E-state index contributed by atoms with van der Waals surface area (Å²) >= 11 is 0. The molecule has 1 aromatic heterocycles. The van der Waals surface area contributed by atoms with Crippen molar-refractivity contribution in [2.24, 2.45) is 0 Å². The molecule has 1 aliphatic rings. The fourth-order valence-electron chi connectivity index (χ4n) is 2.99. The number of carbonyl (C=O) groups excluding carboxylic acids is 2. The highest BCUT2D eigenvalue weighted by molar-refractivity contribution is 5.93. The molecule has 0 aliphatic carbocycles. The van der Waals surface area contributed by atoms with Crippen molar-refractivity contribution < 1.29 is 18.7 Å². The number of rotatable bonds is 8. The van der Waals surface area contributed by atoms with Crippen molar-refractivity contribution in [3.05, 3.63) is 54.4 Å². The zero-order chi connectivity index (χ0) is 20.5. The van der Waals surface area contributed by atoms with Crippen LogP contribution in [0, 0.1) is 5.82 Å². The molecule has 3 rings (SSSR count). The van der Waals surface area contributed by atoms with E-state index in [2.05, 4.69) is 20.2 Å². The van der Waals surface area contributed by atoms with Gasteiger partial charge in [-0.1, -0.05) is 12.1 Å². The van der Waals surface area contributed by atoms with Gasteiger partial charge in [-0.3, -0.25) is 19.5 Å². The van der Waals surface area contributed by atoms with Gasteiger partial charge in [0.25, 0.3) is 5.91 Å². The molecule has 0 unspecified atom stereocenters. The van der Waals surface area contributed by atoms with E-state index in [1.54, 1.807) is 17.0 Å². The van der Waals surface area contributed by atoms with E-state index in [0.717, 1.165) is 13.1 Å². The van der Waals surface area contributed by atoms with E-state index >= 15 is 0 Å². The third kappa shape index (κ3) is 6.30. The predicted molar refractivity (Wildman–Crippen MR) is 105 cm³/mol. The molecule has 1 fully saturated rings. The molecule has 1 aromatic carbocycles. The van der Waals surface area contributed by atoms with Crippen LogP contribution in [0.1, 0.15) is 16.9 Å². The SMILES string of the molecule is O=C(CCN(CCN1CCOCC1)C(=O)c1cnccn1)Nc1ccccc1F. The van der Waals surface area contributed by atoms with E-state index in [1.165, 1.54) is 30.7 Å². The molecule has 0 radical (unpaired) electrons. The van der Waals surface area contributed by atoms with Crippen LogP contribution in [0.15, 0.2) is 42.9 Å². The number of anilines is 1. The number of aromatic nitrogens is 2.